The third kappa shape index (κ3) is 3.25. The van der Waals surface area contributed by atoms with E-state index >= 15 is 0 Å². The third-order valence-electron chi connectivity index (χ3n) is 12.8. The Morgan fingerprint density at radius 2 is 1.72 bits per heavy atom. The molecule has 7 nitrogen and oxygen atoms in total. The van der Waals surface area contributed by atoms with Crippen molar-refractivity contribution in [1.82, 2.24) is 0 Å². The van der Waals surface area contributed by atoms with Crippen molar-refractivity contribution in [3.05, 3.63) is 23.8 Å². The lowest BCUT2D eigenvalue weighted by Crippen LogP contribution is -2.59. The highest BCUT2D eigenvalue weighted by Crippen LogP contribution is 2.80. The Hall–Kier alpha value is -1.54. The Bertz CT molecular complexity index is 1110. The summed E-state index contributed by atoms with van der Waals surface area (Å²) in [5.74, 6) is -0.919. The quantitative estimate of drug-likeness (QED) is 0.239. The number of esters is 1. The molecule has 5 saturated carbocycles. The average molecular weight is 543 g/mol. The van der Waals surface area contributed by atoms with Crippen LogP contribution in [0.4, 0.5) is 0 Å². The first kappa shape index (κ1) is 27.6. The van der Waals surface area contributed by atoms with E-state index in [1.807, 2.05) is 6.92 Å². The number of aldehydes is 1. The molecular formula is C32H46O7. The highest BCUT2D eigenvalue weighted by atomic mass is 16.5. The molecule has 6 aliphatic carbocycles. The molecule has 0 heterocycles. The van der Waals surface area contributed by atoms with Crippen molar-refractivity contribution < 1.29 is 34.8 Å². The molecule has 4 N–H and O–H groups in total. The zero-order chi connectivity index (χ0) is 28.3. The van der Waals surface area contributed by atoms with Gasteiger partial charge in [0.1, 0.15) is 12.4 Å². The van der Waals surface area contributed by atoms with Crippen LogP contribution in [-0.4, -0.2) is 62.7 Å². The highest BCUT2D eigenvalue weighted by Gasteiger charge is 2.83. The van der Waals surface area contributed by atoms with E-state index in [1.54, 1.807) is 13.8 Å². The van der Waals surface area contributed by atoms with Crippen LogP contribution < -0.4 is 0 Å². The van der Waals surface area contributed by atoms with E-state index in [0.717, 1.165) is 43.1 Å². The van der Waals surface area contributed by atoms with Crippen molar-refractivity contribution in [2.45, 2.75) is 109 Å². The van der Waals surface area contributed by atoms with Crippen molar-refractivity contribution in [1.29, 1.82) is 0 Å². The van der Waals surface area contributed by atoms with Crippen LogP contribution in [0.1, 0.15) is 79.1 Å². The summed E-state index contributed by atoms with van der Waals surface area (Å²) in [5.41, 5.74) is -2.07. The zero-order valence-electron chi connectivity index (χ0n) is 23.8. The molecule has 1 spiro atoms. The topological polar surface area (TPSA) is 124 Å². The molecule has 2 bridgehead atoms. The number of aliphatic hydroxyl groups excluding tert-OH is 3. The van der Waals surface area contributed by atoms with E-state index in [0.29, 0.717) is 25.7 Å². The number of carbonyl (C=O) groups excluding carboxylic acids is 2. The number of carbonyl (C=O) groups is 2. The van der Waals surface area contributed by atoms with Gasteiger partial charge in [-0.2, -0.15) is 0 Å². The summed E-state index contributed by atoms with van der Waals surface area (Å²) < 4.78 is 5.90. The van der Waals surface area contributed by atoms with E-state index in [1.165, 1.54) is 6.92 Å². The van der Waals surface area contributed by atoms with Gasteiger partial charge >= 0.3 is 5.97 Å². The molecule has 6 aliphatic rings. The van der Waals surface area contributed by atoms with Gasteiger partial charge < -0.3 is 30.0 Å². The summed E-state index contributed by atoms with van der Waals surface area (Å²) in [7, 11) is 0. The molecule has 0 aromatic carbocycles. The van der Waals surface area contributed by atoms with Crippen LogP contribution in [0.3, 0.4) is 0 Å². The first-order valence-electron chi connectivity index (χ1n) is 15.1. The van der Waals surface area contributed by atoms with Gasteiger partial charge in [0, 0.05) is 41.4 Å². The maximum absolute atomic E-state index is 13.3. The number of aliphatic hydroxyl groups is 4. The van der Waals surface area contributed by atoms with Crippen LogP contribution in [0.25, 0.3) is 0 Å². The van der Waals surface area contributed by atoms with E-state index in [4.69, 9.17) is 4.74 Å². The Kier molecular flexibility index (Phi) is 6.18. The van der Waals surface area contributed by atoms with Crippen molar-refractivity contribution >= 4 is 12.3 Å². The molecule has 6 rings (SSSR count). The fraction of sp³-hybridized carbons (Fsp3) is 0.812. The van der Waals surface area contributed by atoms with Crippen molar-refractivity contribution in [3.8, 4) is 0 Å². The molecule has 13 atom stereocenters. The fourth-order valence-electron chi connectivity index (χ4n) is 11.4. The number of hydrogen-bond acceptors (Lipinski definition) is 7. The second-order valence-electron chi connectivity index (χ2n) is 14.6. The smallest absolute Gasteiger partial charge is 0.302 e. The van der Waals surface area contributed by atoms with Gasteiger partial charge in [-0.1, -0.05) is 23.8 Å². The molecule has 0 radical (unpaired) electrons. The van der Waals surface area contributed by atoms with Crippen LogP contribution in [0.2, 0.25) is 0 Å². The van der Waals surface area contributed by atoms with Gasteiger partial charge in [-0.3, -0.25) is 4.79 Å². The Balaban J connectivity index is 1.43. The average Bonchev–Trinajstić information content (AvgIpc) is 3.62. The van der Waals surface area contributed by atoms with Gasteiger partial charge in [0.25, 0.3) is 0 Å². The molecule has 0 amide bonds. The summed E-state index contributed by atoms with van der Waals surface area (Å²) >= 11 is 0. The molecule has 0 aliphatic heterocycles. The molecule has 0 saturated heterocycles. The van der Waals surface area contributed by atoms with Gasteiger partial charge in [0.15, 0.2) is 0 Å². The second-order valence-corrected chi connectivity index (χ2v) is 14.6. The molecule has 0 aromatic rings. The lowest BCUT2D eigenvalue weighted by molar-refractivity contribution is -0.170. The van der Waals surface area contributed by atoms with Crippen molar-refractivity contribution in [2.75, 3.05) is 0 Å². The lowest BCUT2D eigenvalue weighted by atomic mass is 9.55. The summed E-state index contributed by atoms with van der Waals surface area (Å²) in [6, 6.07) is 0. The van der Waals surface area contributed by atoms with E-state index in [2.05, 4.69) is 12.7 Å². The summed E-state index contributed by atoms with van der Waals surface area (Å²) in [5, 5.41) is 46.9. The molecule has 0 aromatic heterocycles. The van der Waals surface area contributed by atoms with E-state index < -0.39 is 46.1 Å². The van der Waals surface area contributed by atoms with Gasteiger partial charge in [0.2, 0.25) is 0 Å². The van der Waals surface area contributed by atoms with Gasteiger partial charge in [-0.25, -0.2) is 0 Å². The minimum Gasteiger partial charge on any atom is -0.462 e. The molecular weight excluding hydrogens is 496 g/mol. The number of rotatable bonds is 5. The molecule has 5 fully saturated rings. The predicted octanol–water partition coefficient (Wildman–Crippen LogP) is 3.33. The molecule has 0 unspecified atom stereocenters. The van der Waals surface area contributed by atoms with Crippen LogP contribution in [0, 0.1) is 51.8 Å². The van der Waals surface area contributed by atoms with Gasteiger partial charge in [-0.05, 0) is 84.0 Å². The van der Waals surface area contributed by atoms with Crippen molar-refractivity contribution in [3.63, 3.8) is 0 Å². The molecule has 216 valence electrons. The Morgan fingerprint density at radius 1 is 1.03 bits per heavy atom. The highest BCUT2D eigenvalue weighted by molar-refractivity contribution is 5.71. The number of fused-ring (bicyclic) bond motifs is 2. The van der Waals surface area contributed by atoms with Crippen LogP contribution in [0.5, 0.6) is 0 Å². The maximum atomic E-state index is 13.3. The SMILES string of the molecule is C=C(C)[C@@H]1CC[C@H]([C@@H]2CC[C@@H]3C2=C[C@]2(C=O)[C@@H]4CC[C@@]2([C@H]3O)[C@@H](O)[C@]42CC[C@H](C(C)(C)O)[C@@H]2O)[C@@H]1OC(C)=O. The van der Waals surface area contributed by atoms with E-state index in [9.17, 15) is 30.0 Å². The first-order chi connectivity index (χ1) is 18.3. The lowest BCUT2D eigenvalue weighted by Gasteiger charge is -2.51. The largest absolute Gasteiger partial charge is 0.462 e. The Morgan fingerprint density at radius 3 is 2.31 bits per heavy atom. The normalized spacial score (nSPS) is 52.1. The van der Waals surface area contributed by atoms with E-state index in [-0.39, 0.29) is 41.7 Å². The second kappa shape index (κ2) is 8.73. The summed E-state index contributed by atoms with van der Waals surface area (Å²) in [6.45, 7) is 11.0. The molecule has 39 heavy (non-hydrogen) atoms. The van der Waals surface area contributed by atoms with Crippen molar-refractivity contribution in [2.24, 2.45) is 51.8 Å². The molecule has 7 heteroatoms. The number of allylic oxidation sites excluding steroid dienone is 1. The standard InChI is InChI=1S/C32H46O7/c1-16(2)18-6-8-20(25(18)39-17(3)34)19-7-9-21-22(19)14-30(15-33)24-11-13-32(30,26(21)35)28(37)31(24)12-10-23(27(31)36)29(4,5)38/h14-15,18-21,23-28,35-38H,1,6-13H2,2-5H3/t18-,19-,20+,21+,23-,24-,25+,26-,27-,28-,30-,31+,32+/m0/s1. The Labute approximate surface area is 231 Å². The van der Waals surface area contributed by atoms with Gasteiger partial charge in [0.05, 0.1) is 29.3 Å². The fourth-order valence-corrected chi connectivity index (χ4v) is 11.4. The van der Waals surface area contributed by atoms with Crippen LogP contribution >= 0.6 is 0 Å². The monoisotopic (exact) mass is 542 g/mol. The predicted molar refractivity (Wildman–Crippen MR) is 144 cm³/mol. The maximum Gasteiger partial charge on any atom is 0.302 e. The number of ether oxygens (including phenoxy) is 1. The summed E-state index contributed by atoms with van der Waals surface area (Å²) in [6.07, 6.45) is 5.61. The van der Waals surface area contributed by atoms with Crippen LogP contribution in [0.15, 0.2) is 23.8 Å². The zero-order valence-corrected chi connectivity index (χ0v) is 23.8. The van der Waals surface area contributed by atoms with Gasteiger partial charge in [-0.15, -0.1) is 0 Å². The number of hydrogen-bond donors (Lipinski definition) is 4. The van der Waals surface area contributed by atoms with Crippen LogP contribution in [-0.2, 0) is 14.3 Å². The minimum absolute atomic E-state index is 0.0817. The summed E-state index contributed by atoms with van der Waals surface area (Å²) in [4.78, 5) is 25.4. The minimum atomic E-state index is -1.12. The first-order valence-corrected chi connectivity index (χ1v) is 15.1. The third-order valence-corrected chi connectivity index (χ3v) is 12.8.